The highest BCUT2D eigenvalue weighted by molar-refractivity contribution is 6.31. The zero-order valence-corrected chi connectivity index (χ0v) is 14.6. The van der Waals surface area contributed by atoms with E-state index in [-0.39, 0.29) is 5.91 Å². The van der Waals surface area contributed by atoms with Gasteiger partial charge in [0.2, 0.25) is 0 Å². The van der Waals surface area contributed by atoms with Gasteiger partial charge in [-0.3, -0.25) is 4.79 Å². The molecule has 126 valence electrons. The van der Waals surface area contributed by atoms with Crippen LogP contribution >= 0.6 is 11.6 Å². The van der Waals surface area contributed by atoms with Crippen molar-refractivity contribution in [1.29, 1.82) is 0 Å². The van der Waals surface area contributed by atoms with Gasteiger partial charge in [-0.25, -0.2) is 0 Å². The monoisotopic (exact) mass is 344 g/mol. The van der Waals surface area contributed by atoms with Crippen LogP contribution in [0.15, 0.2) is 36.4 Å². The lowest BCUT2D eigenvalue weighted by Crippen LogP contribution is -2.17. The zero-order chi connectivity index (χ0) is 17.1. The molecule has 0 unspecified atom stereocenters. The third kappa shape index (κ3) is 3.40. The number of rotatable bonds is 4. The fourth-order valence-electron chi connectivity index (χ4n) is 3.10. The van der Waals surface area contributed by atoms with Gasteiger partial charge in [-0.15, -0.1) is 0 Å². The molecule has 1 aliphatic rings. The van der Waals surface area contributed by atoms with Crippen LogP contribution in [0, 0.1) is 6.92 Å². The van der Waals surface area contributed by atoms with E-state index < -0.39 is 0 Å². The number of hydrogen-bond acceptors (Lipinski definition) is 3. The number of carbonyl (C=O) groups excluding carboxylic acids is 1. The standard InChI is InChI=1S/C19H21ClN2O2/c1-12-9-17(18(24-2)10-16(12)20)22-19(23)15-6-4-3-5-14(15)13-7-8-21-11-13/h3-6,9-10,13,21H,7-8,11H2,1-2H3,(H,22,23)/t13-/m1/s1. The Morgan fingerprint density at radius 3 is 2.83 bits per heavy atom. The van der Waals surface area contributed by atoms with E-state index in [0.29, 0.717) is 27.9 Å². The number of amides is 1. The summed E-state index contributed by atoms with van der Waals surface area (Å²) in [7, 11) is 1.56. The Hall–Kier alpha value is -2.04. The molecule has 1 fully saturated rings. The van der Waals surface area contributed by atoms with Crippen LogP contribution < -0.4 is 15.4 Å². The van der Waals surface area contributed by atoms with Crippen molar-refractivity contribution in [2.24, 2.45) is 0 Å². The molecule has 1 atom stereocenters. The van der Waals surface area contributed by atoms with Gasteiger partial charge in [0, 0.05) is 23.2 Å². The fraction of sp³-hybridized carbons (Fsp3) is 0.316. The van der Waals surface area contributed by atoms with Gasteiger partial charge in [-0.2, -0.15) is 0 Å². The number of anilines is 1. The minimum atomic E-state index is -0.127. The summed E-state index contributed by atoms with van der Waals surface area (Å²) in [6, 6.07) is 11.3. The Labute approximate surface area is 147 Å². The summed E-state index contributed by atoms with van der Waals surface area (Å²) < 4.78 is 5.34. The first-order valence-corrected chi connectivity index (χ1v) is 8.43. The number of hydrogen-bond donors (Lipinski definition) is 2. The van der Waals surface area contributed by atoms with Gasteiger partial charge in [-0.1, -0.05) is 29.8 Å². The number of halogens is 1. The van der Waals surface area contributed by atoms with Crippen molar-refractivity contribution in [1.82, 2.24) is 5.32 Å². The second kappa shape index (κ2) is 7.24. The van der Waals surface area contributed by atoms with E-state index in [4.69, 9.17) is 16.3 Å². The van der Waals surface area contributed by atoms with Crippen LogP contribution in [0.2, 0.25) is 5.02 Å². The average molecular weight is 345 g/mol. The van der Waals surface area contributed by atoms with Crippen LogP contribution in [-0.4, -0.2) is 26.1 Å². The minimum absolute atomic E-state index is 0.127. The van der Waals surface area contributed by atoms with Crippen molar-refractivity contribution in [2.75, 3.05) is 25.5 Å². The number of aryl methyl sites for hydroxylation is 1. The molecule has 0 bridgehead atoms. The summed E-state index contributed by atoms with van der Waals surface area (Å²) in [5.41, 5.74) is 3.32. The largest absolute Gasteiger partial charge is 0.495 e. The van der Waals surface area contributed by atoms with Crippen molar-refractivity contribution in [3.05, 3.63) is 58.1 Å². The Balaban J connectivity index is 1.90. The second-order valence-corrected chi connectivity index (χ2v) is 6.44. The smallest absolute Gasteiger partial charge is 0.256 e. The summed E-state index contributed by atoms with van der Waals surface area (Å²) >= 11 is 6.13. The predicted molar refractivity (Wildman–Crippen MR) is 97.4 cm³/mol. The molecule has 2 aromatic carbocycles. The van der Waals surface area contributed by atoms with Gasteiger partial charge in [0.15, 0.2) is 0 Å². The van der Waals surface area contributed by atoms with Gasteiger partial charge < -0.3 is 15.4 Å². The maximum atomic E-state index is 12.8. The van der Waals surface area contributed by atoms with E-state index in [1.165, 1.54) is 0 Å². The molecular weight excluding hydrogens is 324 g/mol. The van der Waals surface area contributed by atoms with E-state index >= 15 is 0 Å². The number of carbonyl (C=O) groups is 1. The zero-order valence-electron chi connectivity index (χ0n) is 13.9. The highest BCUT2D eigenvalue weighted by Gasteiger charge is 2.22. The maximum absolute atomic E-state index is 12.8. The van der Waals surface area contributed by atoms with Gasteiger partial charge in [0.1, 0.15) is 5.75 Å². The van der Waals surface area contributed by atoms with Crippen LogP contribution in [0.3, 0.4) is 0 Å². The lowest BCUT2D eigenvalue weighted by molar-refractivity contribution is 0.102. The predicted octanol–water partition coefficient (Wildman–Crippen LogP) is 3.99. The number of methoxy groups -OCH3 is 1. The van der Waals surface area contributed by atoms with Crippen molar-refractivity contribution in [2.45, 2.75) is 19.3 Å². The van der Waals surface area contributed by atoms with Gasteiger partial charge >= 0.3 is 0 Å². The molecule has 2 aromatic rings. The molecule has 0 radical (unpaired) electrons. The molecule has 3 rings (SSSR count). The lowest BCUT2D eigenvalue weighted by atomic mass is 9.93. The molecule has 4 nitrogen and oxygen atoms in total. The Morgan fingerprint density at radius 2 is 2.12 bits per heavy atom. The molecular formula is C19H21ClN2O2. The van der Waals surface area contributed by atoms with Crippen LogP contribution in [0.5, 0.6) is 5.75 Å². The van der Waals surface area contributed by atoms with Crippen LogP contribution in [-0.2, 0) is 0 Å². The summed E-state index contributed by atoms with van der Waals surface area (Å²) in [6.07, 6.45) is 1.05. The van der Waals surface area contributed by atoms with E-state index in [0.717, 1.165) is 30.6 Å². The van der Waals surface area contributed by atoms with Gasteiger partial charge in [0.05, 0.1) is 12.8 Å². The normalized spacial score (nSPS) is 16.9. The molecule has 1 saturated heterocycles. The van der Waals surface area contributed by atoms with Crippen LogP contribution in [0.4, 0.5) is 5.69 Å². The van der Waals surface area contributed by atoms with E-state index in [2.05, 4.69) is 10.6 Å². The molecule has 24 heavy (non-hydrogen) atoms. The summed E-state index contributed by atoms with van der Waals surface area (Å²) in [5.74, 6) is 0.803. The van der Waals surface area contributed by atoms with Crippen molar-refractivity contribution < 1.29 is 9.53 Å². The van der Waals surface area contributed by atoms with E-state index in [1.807, 2.05) is 37.3 Å². The van der Waals surface area contributed by atoms with Crippen LogP contribution in [0.25, 0.3) is 0 Å². The number of benzene rings is 2. The molecule has 1 aliphatic heterocycles. The molecule has 0 aliphatic carbocycles. The lowest BCUT2D eigenvalue weighted by Gasteiger charge is -2.16. The molecule has 0 aromatic heterocycles. The summed E-state index contributed by atoms with van der Waals surface area (Å²) in [6.45, 7) is 3.80. The molecule has 0 saturated carbocycles. The van der Waals surface area contributed by atoms with E-state index in [1.54, 1.807) is 13.2 Å². The molecule has 1 heterocycles. The fourth-order valence-corrected chi connectivity index (χ4v) is 3.25. The highest BCUT2D eigenvalue weighted by atomic mass is 35.5. The average Bonchev–Trinajstić information content (AvgIpc) is 3.12. The van der Waals surface area contributed by atoms with Crippen molar-refractivity contribution in [3.8, 4) is 5.75 Å². The Bertz CT molecular complexity index is 755. The van der Waals surface area contributed by atoms with Gasteiger partial charge in [-0.05, 0) is 49.1 Å². The summed E-state index contributed by atoms with van der Waals surface area (Å²) in [5, 5.41) is 6.93. The molecule has 2 N–H and O–H groups in total. The van der Waals surface area contributed by atoms with Gasteiger partial charge in [0.25, 0.3) is 5.91 Å². The Morgan fingerprint density at radius 1 is 1.33 bits per heavy atom. The first-order chi connectivity index (χ1) is 11.6. The number of nitrogens with one attached hydrogen (secondary N) is 2. The minimum Gasteiger partial charge on any atom is -0.495 e. The SMILES string of the molecule is COc1cc(Cl)c(C)cc1NC(=O)c1ccccc1[C@@H]1CCNC1. The molecule has 5 heteroatoms. The van der Waals surface area contributed by atoms with Crippen molar-refractivity contribution >= 4 is 23.2 Å². The third-order valence-corrected chi connectivity index (χ3v) is 4.84. The Kier molecular flexibility index (Phi) is 5.07. The molecule has 1 amide bonds. The quantitative estimate of drug-likeness (QED) is 0.881. The topological polar surface area (TPSA) is 50.4 Å². The highest BCUT2D eigenvalue weighted by Crippen LogP contribution is 2.32. The molecule has 0 spiro atoms. The first-order valence-electron chi connectivity index (χ1n) is 8.05. The number of ether oxygens (including phenoxy) is 1. The third-order valence-electron chi connectivity index (χ3n) is 4.43. The van der Waals surface area contributed by atoms with Crippen LogP contribution in [0.1, 0.15) is 33.8 Å². The summed E-state index contributed by atoms with van der Waals surface area (Å²) in [4.78, 5) is 12.8. The van der Waals surface area contributed by atoms with Crippen molar-refractivity contribution in [3.63, 3.8) is 0 Å². The second-order valence-electron chi connectivity index (χ2n) is 6.03. The maximum Gasteiger partial charge on any atom is 0.256 e. The first kappa shape index (κ1) is 16.8. The van der Waals surface area contributed by atoms with E-state index in [9.17, 15) is 4.79 Å².